The molecule has 2 heteroatoms. The van der Waals surface area contributed by atoms with Crippen molar-refractivity contribution in [2.75, 3.05) is 5.32 Å². The summed E-state index contributed by atoms with van der Waals surface area (Å²) in [6.45, 7) is 2.07. The molecule has 16 heavy (non-hydrogen) atoms. The van der Waals surface area contributed by atoms with Gasteiger partial charge in [-0.2, -0.15) is 0 Å². The van der Waals surface area contributed by atoms with Gasteiger partial charge in [0.25, 0.3) is 0 Å². The fourth-order valence-electron chi connectivity index (χ4n) is 1.56. The molecule has 2 nitrogen and oxygen atoms in total. The molecule has 0 aliphatic heterocycles. The van der Waals surface area contributed by atoms with E-state index >= 15 is 0 Å². The van der Waals surface area contributed by atoms with Crippen molar-refractivity contribution in [1.82, 2.24) is 0 Å². The third kappa shape index (κ3) is 4.37. The zero-order valence-electron chi connectivity index (χ0n) is 9.69. The number of terminal acetylenes is 1. The van der Waals surface area contributed by atoms with E-state index in [-0.39, 0.29) is 5.92 Å². The van der Waals surface area contributed by atoms with Crippen LogP contribution in [0.5, 0.6) is 0 Å². The second-order valence-electron chi connectivity index (χ2n) is 3.88. The summed E-state index contributed by atoms with van der Waals surface area (Å²) in [5.41, 5.74) is 0.934. The molecule has 0 amide bonds. The molecule has 2 atom stereocenters. The Balaban J connectivity index is 2.32. The van der Waals surface area contributed by atoms with Crippen molar-refractivity contribution in [1.29, 1.82) is 0 Å². The van der Waals surface area contributed by atoms with Crippen LogP contribution < -0.4 is 5.32 Å². The van der Waals surface area contributed by atoms with Gasteiger partial charge in [0.05, 0.1) is 0 Å². The highest BCUT2D eigenvalue weighted by Gasteiger charge is 2.07. The van der Waals surface area contributed by atoms with Gasteiger partial charge in [-0.05, 0) is 31.4 Å². The summed E-state index contributed by atoms with van der Waals surface area (Å²) >= 11 is 0. The number of rotatable bonds is 6. The third-order valence-electron chi connectivity index (χ3n) is 2.62. The lowest BCUT2D eigenvalue weighted by Gasteiger charge is -2.15. The second-order valence-corrected chi connectivity index (χ2v) is 3.88. The summed E-state index contributed by atoms with van der Waals surface area (Å²) in [5, 5.41) is 12.8. The normalized spacial score (nSPS) is 13.8. The molecule has 1 aromatic carbocycles. The average molecular weight is 217 g/mol. The minimum atomic E-state index is -0.523. The Bertz CT molecular complexity index is 328. The molecule has 86 valence electrons. The van der Waals surface area contributed by atoms with Crippen molar-refractivity contribution >= 4 is 5.69 Å². The molecule has 0 aliphatic rings. The lowest BCUT2D eigenvalue weighted by molar-refractivity contribution is 0.185. The van der Waals surface area contributed by atoms with E-state index in [1.165, 1.54) is 0 Å². The van der Waals surface area contributed by atoms with E-state index in [0.29, 0.717) is 6.42 Å². The average Bonchev–Trinajstić information content (AvgIpc) is 2.31. The fourth-order valence-corrected chi connectivity index (χ4v) is 1.56. The Labute approximate surface area is 97.7 Å². The number of hydrogen-bond acceptors (Lipinski definition) is 2. The quantitative estimate of drug-likeness (QED) is 0.567. The number of aliphatic hydroxyl groups excluding tert-OH is 1. The molecule has 0 aromatic heterocycles. The van der Waals surface area contributed by atoms with E-state index in [0.717, 1.165) is 18.5 Å². The maximum Gasteiger partial charge on any atom is 0.124 e. The van der Waals surface area contributed by atoms with Crippen molar-refractivity contribution in [2.45, 2.75) is 32.4 Å². The van der Waals surface area contributed by atoms with Gasteiger partial charge in [0.2, 0.25) is 0 Å². The fraction of sp³-hybridized carbons (Fsp3) is 0.429. The number of benzene rings is 1. The first-order valence-electron chi connectivity index (χ1n) is 5.72. The van der Waals surface area contributed by atoms with Gasteiger partial charge >= 0.3 is 0 Å². The van der Waals surface area contributed by atoms with Gasteiger partial charge in [-0.1, -0.05) is 25.1 Å². The monoisotopic (exact) mass is 217 g/mol. The Morgan fingerprint density at radius 2 is 2.00 bits per heavy atom. The third-order valence-corrected chi connectivity index (χ3v) is 2.62. The summed E-state index contributed by atoms with van der Waals surface area (Å²) in [6.07, 6.45) is 7.35. The summed E-state index contributed by atoms with van der Waals surface area (Å²) < 4.78 is 0. The van der Waals surface area contributed by atoms with Crippen LogP contribution in [0.2, 0.25) is 0 Å². The highest BCUT2D eigenvalue weighted by Crippen LogP contribution is 2.13. The number of nitrogens with one attached hydrogen (secondary N) is 1. The SMILES string of the molecule is C#CC(CC)CCC(O)Nc1ccccc1. The van der Waals surface area contributed by atoms with E-state index in [9.17, 15) is 5.11 Å². The molecule has 0 fully saturated rings. The lowest BCUT2D eigenvalue weighted by Crippen LogP contribution is -2.19. The van der Waals surface area contributed by atoms with Crippen LogP contribution in [-0.2, 0) is 0 Å². The van der Waals surface area contributed by atoms with E-state index in [4.69, 9.17) is 6.42 Å². The Hall–Kier alpha value is -1.46. The summed E-state index contributed by atoms with van der Waals surface area (Å²) in [6, 6.07) is 9.68. The number of aliphatic hydroxyl groups is 1. The largest absolute Gasteiger partial charge is 0.374 e. The molecule has 0 radical (unpaired) electrons. The van der Waals surface area contributed by atoms with Crippen LogP contribution in [0, 0.1) is 18.3 Å². The van der Waals surface area contributed by atoms with Gasteiger partial charge in [-0.15, -0.1) is 12.3 Å². The predicted molar refractivity (Wildman–Crippen MR) is 67.9 cm³/mol. The molecule has 1 aromatic rings. The van der Waals surface area contributed by atoms with Crippen LogP contribution in [0.25, 0.3) is 0 Å². The van der Waals surface area contributed by atoms with E-state index in [1.54, 1.807) is 0 Å². The highest BCUT2D eigenvalue weighted by molar-refractivity contribution is 5.42. The standard InChI is InChI=1S/C14H19NO/c1-3-12(4-2)10-11-14(16)15-13-8-6-5-7-9-13/h1,5-9,12,14-16H,4,10-11H2,2H3. The van der Waals surface area contributed by atoms with Gasteiger partial charge in [-0.3, -0.25) is 0 Å². The maximum absolute atomic E-state index is 9.76. The van der Waals surface area contributed by atoms with Crippen LogP contribution in [0.1, 0.15) is 26.2 Å². The molecular formula is C14H19NO. The molecule has 0 aliphatic carbocycles. The lowest BCUT2D eigenvalue weighted by atomic mass is 10.0. The maximum atomic E-state index is 9.76. The Morgan fingerprint density at radius 3 is 2.56 bits per heavy atom. The molecule has 2 unspecified atom stereocenters. The van der Waals surface area contributed by atoms with Crippen molar-refractivity contribution in [3.05, 3.63) is 30.3 Å². The van der Waals surface area contributed by atoms with Gasteiger partial charge in [0.1, 0.15) is 6.23 Å². The number of hydrogen-bond donors (Lipinski definition) is 2. The van der Waals surface area contributed by atoms with E-state index < -0.39 is 6.23 Å². The number of anilines is 1. The van der Waals surface area contributed by atoms with Gasteiger partial charge < -0.3 is 10.4 Å². The first kappa shape index (κ1) is 12.6. The predicted octanol–water partition coefficient (Wildman–Crippen LogP) is 2.86. The molecule has 0 bridgehead atoms. The molecule has 0 heterocycles. The van der Waals surface area contributed by atoms with Crippen LogP contribution in [-0.4, -0.2) is 11.3 Å². The van der Waals surface area contributed by atoms with Crippen LogP contribution in [0.15, 0.2) is 30.3 Å². The minimum absolute atomic E-state index is 0.271. The van der Waals surface area contributed by atoms with Crippen molar-refractivity contribution in [2.24, 2.45) is 5.92 Å². The van der Waals surface area contributed by atoms with Crippen molar-refractivity contribution in [3.8, 4) is 12.3 Å². The Kier molecular flexibility index (Phi) is 5.45. The van der Waals surface area contributed by atoms with Crippen molar-refractivity contribution < 1.29 is 5.11 Å². The molecule has 0 saturated carbocycles. The van der Waals surface area contributed by atoms with Crippen molar-refractivity contribution in [3.63, 3.8) is 0 Å². The van der Waals surface area contributed by atoms with E-state index in [1.807, 2.05) is 30.3 Å². The molecular weight excluding hydrogens is 198 g/mol. The van der Waals surface area contributed by atoms with Crippen LogP contribution in [0.4, 0.5) is 5.69 Å². The topological polar surface area (TPSA) is 32.3 Å². The minimum Gasteiger partial charge on any atom is -0.374 e. The summed E-state index contributed by atoms with van der Waals surface area (Å²) in [7, 11) is 0. The molecule has 0 saturated heterocycles. The summed E-state index contributed by atoms with van der Waals surface area (Å²) in [4.78, 5) is 0. The van der Waals surface area contributed by atoms with Crippen LogP contribution >= 0.6 is 0 Å². The Morgan fingerprint density at radius 1 is 1.31 bits per heavy atom. The highest BCUT2D eigenvalue weighted by atomic mass is 16.3. The second kappa shape index (κ2) is 6.92. The number of para-hydroxylation sites is 1. The zero-order chi connectivity index (χ0) is 11.8. The van der Waals surface area contributed by atoms with Gasteiger partial charge in [0.15, 0.2) is 0 Å². The smallest absolute Gasteiger partial charge is 0.124 e. The molecule has 1 rings (SSSR count). The molecule has 2 N–H and O–H groups in total. The molecule has 0 spiro atoms. The summed E-state index contributed by atoms with van der Waals surface area (Å²) in [5.74, 6) is 3.00. The van der Waals surface area contributed by atoms with Crippen LogP contribution in [0.3, 0.4) is 0 Å². The van der Waals surface area contributed by atoms with E-state index in [2.05, 4.69) is 18.2 Å². The van der Waals surface area contributed by atoms with Gasteiger partial charge in [-0.25, -0.2) is 0 Å². The first-order chi connectivity index (χ1) is 7.76. The first-order valence-corrected chi connectivity index (χ1v) is 5.72. The van der Waals surface area contributed by atoms with Gasteiger partial charge in [0, 0.05) is 11.6 Å². The zero-order valence-corrected chi connectivity index (χ0v) is 9.69.